The van der Waals surface area contributed by atoms with E-state index in [9.17, 15) is 9.59 Å². The summed E-state index contributed by atoms with van der Waals surface area (Å²) in [7, 11) is 1.52. The third-order valence-electron chi connectivity index (χ3n) is 3.79. The number of para-hydroxylation sites is 1. The van der Waals surface area contributed by atoms with E-state index in [1.54, 1.807) is 36.4 Å². The largest absolute Gasteiger partial charge is 0.457 e. The van der Waals surface area contributed by atoms with Crippen LogP contribution in [0.4, 0.5) is 5.69 Å². The summed E-state index contributed by atoms with van der Waals surface area (Å²) < 4.78 is 5.71. The topological polar surface area (TPSA) is 67.4 Å². The highest BCUT2D eigenvalue weighted by atomic mass is 35.5. The van der Waals surface area contributed by atoms with Crippen molar-refractivity contribution in [3.8, 4) is 11.5 Å². The molecule has 0 fully saturated rings. The van der Waals surface area contributed by atoms with E-state index in [0.29, 0.717) is 27.6 Å². The van der Waals surface area contributed by atoms with Crippen LogP contribution in [0.25, 0.3) is 0 Å². The van der Waals surface area contributed by atoms with Crippen LogP contribution >= 0.6 is 11.6 Å². The third-order valence-corrected chi connectivity index (χ3v) is 4.12. The molecule has 2 amide bonds. The maximum absolute atomic E-state index is 12.4. The number of ether oxygens (including phenoxy) is 1. The zero-order chi connectivity index (χ0) is 19.2. The average Bonchev–Trinajstić information content (AvgIpc) is 2.70. The number of halogens is 1. The molecule has 136 valence electrons. The number of anilines is 1. The Morgan fingerprint density at radius 3 is 2.19 bits per heavy atom. The molecule has 5 nitrogen and oxygen atoms in total. The number of hydrogen-bond acceptors (Lipinski definition) is 3. The maximum atomic E-state index is 12.4. The van der Waals surface area contributed by atoms with Crippen molar-refractivity contribution in [3.63, 3.8) is 0 Å². The molecule has 2 N–H and O–H groups in total. The van der Waals surface area contributed by atoms with Gasteiger partial charge in [0.05, 0.1) is 10.6 Å². The molecule has 0 saturated carbocycles. The van der Waals surface area contributed by atoms with Gasteiger partial charge in [0, 0.05) is 18.3 Å². The summed E-state index contributed by atoms with van der Waals surface area (Å²) in [6.07, 6.45) is 0. The van der Waals surface area contributed by atoms with E-state index in [1.807, 2.05) is 30.3 Å². The molecule has 0 aliphatic carbocycles. The van der Waals surface area contributed by atoms with Crippen molar-refractivity contribution in [2.75, 3.05) is 12.4 Å². The van der Waals surface area contributed by atoms with Crippen molar-refractivity contribution in [2.24, 2.45) is 0 Å². The Balaban J connectivity index is 1.70. The van der Waals surface area contributed by atoms with Crippen LogP contribution in [-0.2, 0) is 0 Å². The second-order valence-corrected chi connectivity index (χ2v) is 6.07. The fourth-order valence-corrected chi connectivity index (χ4v) is 2.62. The summed E-state index contributed by atoms with van der Waals surface area (Å²) >= 11 is 6.02. The van der Waals surface area contributed by atoms with Gasteiger partial charge in [0.2, 0.25) is 0 Å². The van der Waals surface area contributed by atoms with Crippen LogP contribution in [0.1, 0.15) is 20.7 Å². The van der Waals surface area contributed by atoms with Gasteiger partial charge in [0.25, 0.3) is 11.8 Å². The molecule has 0 heterocycles. The van der Waals surface area contributed by atoms with Crippen LogP contribution in [-0.4, -0.2) is 18.9 Å². The molecule has 0 radical (unpaired) electrons. The standard InChI is InChI=1S/C21H17ClN2O3/c1-23-21(26)18-13-15(9-12-19(18)22)24-20(25)14-7-10-17(11-8-14)27-16-5-3-2-4-6-16/h2-13H,1H3,(H,23,26)(H,24,25). The summed E-state index contributed by atoms with van der Waals surface area (Å²) in [5.41, 5.74) is 1.24. The predicted molar refractivity (Wildman–Crippen MR) is 106 cm³/mol. The Labute approximate surface area is 161 Å². The first-order valence-electron chi connectivity index (χ1n) is 8.23. The molecule has 0 unspecified atom stereocenters. The summed E-state index contributed by atoms with van der Waals surface area (Å²) in [6, 6.07) is 20.9. The van der Waals surface area contributed by atoms with Crippen molar-refractivity contribution < 1.29 is 14.3 Å². The van der Waals surface area contributed by atoms with E-state index >= 15 is 0 Å². The molecule has 0 bridgehead atoms. The lowest BCUT2D eigenvalue weighted by Crippen LogP contribution is -2.19. The zero-order valence-electron chi connectivity index (χ0n) is 14.5. The number of nitrogens with one attached hydrogen (secondary N) is 2. The molecule has 0 spiro atoms. The van der Waals surface area contributed by atoms with Gasteiger partial charge in [-0.05, 0) is 54.6 Å². The molecule has 0 atom stereocenters. The fourth-order valence-electron chi connectivity index (χ4n) is 2.41. The van der Waals surface area contributed by atoms with Gasteiger partial charge >= 0.3 is 0 Å². The third kappa shape index (κ3) is 4.65. The van der Waals surface area contributed by atoms with Crippen molar-refractivity contribution in [3.05, 3.63) is 88.9 Å². The Morgan fingerprint density at radius 1 is 0.852 bits per heavy atom. The van der Waals surface area contributed by atoms with Crippen molar-refractivity contribution >= 4 is 29.1 Å². The van der Waals surface area contributed by atoms with Crippen LogP contribution in [0.2, 0.25) is 5.02 Å². The van der Waals surface area contributed by atoms with E-state index in [1.165, 1.54) is 13.1 Å². The van der Waals surface area contributed by atoms with Gasteiger partial charge in [0.1, 0.15) is 11.5 Å². The number of rotatable bonds is 5. The van der Waals surface area contributed by atoms with Crippen molar-refractivity contribution in [1.82, 2.24) is 5.32 Å². The quantitative estimate of drug-likeness (QED) is 0.671. The molecule has 3 aromatic carbocycles. The highest BCUT2D eigenvalue weighted by molar-refractivity contribution is 6.34. The first kappa shape index (κ1) is 18.5. The lowest BCUT2D eigenvalue weighted by Gasteiger charge is -2.09. The van der Waals surface area contributed by atoms with Gasteiger partial charge < -0.3 is 15.4 Å². The van der Waals surface area contributed by atoms with Gasteiger partial charge in [-0.3, -0.25) is 9.59 Å². The van der Waals surface area contributed by atoms with E-state index in [2.05, 4.69) is 10.6 Å². The summed E-state index contributed by atoms with van der Waals surface area (Å²) in [5.74, 6) is 0.730. The molecule has 3 aromatic rings. The second-order valence-electron chi connectivity index (χ2n) is 5.67. The number of hydrogen-bond donors (Lipinski definition) is 2. The molecule has 6 heteroatoms. The molecular weight excluding hydrogens is 364 g/mol. The van der Waals surface area contributed by atoms with Gasteiger partial charge in [-0.1, -0.05) is 29.8 Å². The van der Waals surface area contributed by atoms with Crippen LogP contribution < -0.4 is 15.4 Å². The van der Waals surface area contributed by atoms with Crippen LogP contribution in [0.15, 0.2) is 72.8 Å². The van der Waals surface area contributed by atoms with Crippen LogP contribution in [0.3, 0.4) is 0 Å². The normalized spacial score (nSPS) is 10.1. The van der Waals surface area contributed by atoms with Crippen LogP contribution in [0, 0.1) is 0 Å². The molecule has 0 saturated heterocycles. The smallest absolute Gasteiger partial charge is 0.255 e. The summed E-state index contributed by atoms with van der Waals surface area (Å²) in [6.45, 7) is 0. The van der Waals surface area contributed by atoms with Gasteiger partial charge in [-0.2, -0.15) is 0 Å². The molecule has 0 aliphatic rings. The maximum Gasteiger partial charge on any atom is 0.255 e. The van der Waals surface area contributed by atoms with E-state index in [4.69, 9.17) is 16.3 Å². The summed E-state index contributed by atoms with van der Waals surface area (Å²) in [5, 5.41) is 5.58. The number of benzene rings is 3. The highest BCUT2D eigenvalue weighted by Crippen LogP contribution is 2.23. The van der Waals surface area contributed by atoms with E-state index in [0.717, 1.165) is 5.75 Å². The molecule has 27 heavy (non-hydrogen) atoms. The molecule has 0 aliphatic heterocycles. The van der Waals surface area contributed by atoms with Crippen molar-refractivity contribution in [2.45, 2.75) is 0 Å². The minimum atomic E-state index is -0.321. The monoisotopic (exact) mass is 380 g/mol. The number of carbonyl (C=O) groups excluding carboxylic acids is 2. The average molecular weight is 381 g/mol. The fraction of sp³-hybridized carbons (Fsp3) is 0.0476. The van der Waals surface area contributed by atoms with E-state index < -0.39 is 0 Å². The molecule has 0 aromatic heterocycles. The zero-order valence-corrected chi connectivity index (χ0v) is 15.3. The van der Waals surface area contributed by atoms with Gasteiger partial charge in [-0.25, -0.2) is 0 Å². The Morgan fingerprint density at radius 2 is 1.52 bits per heavy atom. The lowest BCUT2D eigenvalue weighted by atomic mass is 10.1. The highest BCUT2D eigenvalue weighted by Gasteiger charge is 2.12. The van der Waals surface area contributed by atoms with Gasteiger partial charge in [0.15, 0.2) is 0 Å². The minimum Gasteiger partial charge on any atom is -0.457 e. The summed E-state index contributed by atoms with van der Waals surface area (Å²) in [4.78, 5) is 24.2. The Kier molecular flexibility index (Phi) is 5.74. The first-order chi connectivity index (χ1) is 13.1. The van der Waals surface area contributed by atoms with Crippen LogP contribution in [0.5, 0.6) is 11.5 Å². The van der Waals surface area contributed by atoms with Gasteiger partial charge in [-0.15, -0.1) is 0 Å². The number of carbonyl (C=O) groups is 2. The predicted octanol–water partition coefficient (Wildman–Crippen LogP) is 4.74. The van der Waals surface area contributed by atoms with E-state index in [-0.39, 0.29) is 11.8 Å². The first-order valence-corrected chi connectivity index (χ1v) is 8.60. The minimum absolute atomic E-state index is 0.295. The molecule has 3 rings (SSSR count). The SMILES string of the molecule is CNC(=O)c1cc(NC(=O)c2ccc(Oc3ccccc3)cc2)ccc1Cl. The van der Waals surface area contributed by atoms with Crippen molar-refractivity contribution in [1.29, 1.82) is 0 Å². The Hall–Kier alpha value is -3.31. The Bertz CT molecular complexity index is 957. The number of amides is 2. The second kappa shape index (κ2) is 8.38. The lowest BCUT2D eigenvalue weighted by molar-refractivity contribution is 0.0961. The molecular formula is C21H17ClN2O3.